The molecular weight excluding hydrogens is 374 g/mol. The maximum atomic E-state index is 13.1. The summed E-state index contributed by atoms with van der Waals surface area (Å²) in [5.74, 6) is -0.576. The van der Waals surface area contributed by atoms with E-state index in [1.807, 2.05) is 0 Å². The van der Waals surface area contributed by atoms with Gasteiger partial charge in [0.2, 0.25) is 21.8 Å². The Morgan fingerprint density at radius 2 is 1.81 bits per heavy atom. The topological polar surface area (TPSA) is 119 Å². The normalized spacial score (nSPS) is 15.0. The molecule has 1 saturated heterocycles. The van der Waals surface area contributed by atoms with Gasteiger partial charge in [-0.1, -0.05) is 12.1 Å². The third kappa shape index (κ3) is 5.65. The number of hydrogen-bond donors (Lipinski definition) is 1. The molecule has 0 aromatic heterocycles. The molecule has 0 spiro atoms. The number of nitrogens with two attached hydrogens (primary N) is 1. The maximum Gasteiger partial charge on any atom is 0.246 e. The van der Waals surface area contributed by atoms with Crippen LogP contribution in [0.25, 0.3) is 0 Å². The molecule has 0 saturated carbocycles. The molecular formula is C17H25N3O6S. The molecule has 0 aliphatic carbocycles. The second kappa shape index (κ2) is 9.67. The second-order valence-corrected chi connectivity index (χ2v) is 7.92. The lowest BCUT2D eigenvalue weighted by Crippen LogP contribution is -2.43. The number of amides is 2. The first kappa shape index (κ1) is 21.1. The predicted octanol–water partition coefficient (Wildman–Crippen LogP) is -0.190. The molecule has 2 amide bonds. The maximum absolute atomic E-state index is 13.1. The van der Waals surface area contributed by atoms with E-state index in [0.29, 0.717) is 26.3 Å². The summed E-state index contributed by atoms with van der Waals surface area (Å²) in [7, 11) is -2.58. The molecule has 9 nitrogen and oxygen atoms in total. The van der Waals surface area contributed by atoms with Crippen molar-refractivity contribution >= 4 is 21.8 Å². The summed E-state index contributed by atoms with van der Waals surface area (Å²) in [6.45, 7) is 1.75. The van der Waals surface area contributed by atoms with Crippen molar-refractivity contribution < 1.29 is 27.5 Å². The molecule has 2 N–H and O–H groups in total. The number of primary amides is 1. The number of para-hydroxylation sites is 1. The molecule has 27 heavy (non-hydrogen) atoms. The van der Waals surface area contributed by atoms with E-state index in [9.17, 15) is 18.0 Å². The number of morpholine rings is 1. The van der Waals surface area contributed by atoms with E-state index in [4.69, 9.17) is 15.2 Å². The molecule has 1 aromatic carbocycles. The molecule has 0 unspecified atom stereocenters. The average molecular weight is 399 g/mol. The Balaban J connectivity index is 2.17. The van der Waals surface area contributed by atoms with Crippen LogP contribution < -0.4 is 10.5 Å². The van der Waals surface area contributed by atoms with E-state index < -0.39 is 15.9 Å². The lowest BCUT2D eigenvalue weighted by atomic mass is 10.3. The van der Waals surface area contributed by atoms with Gasteiger partial charge in [-0.2, -0.15) is 4.31 Å². The van der Waals surface area contributed by atoms with E-state index in [1.165, 1.54) is 19.2 Å². The minimum atomic E-state index is -3.96. The summed E-state index contributed by atoms with van der Waals surface area (Å²) < 4.78 is 37.6. The number of rotatable bonds is 9. The Bertz CT molecular complexity index is 762. The largest absolute Gasteiger partial charge is 0.495 e. The average Bonchev–Trinajstić information content (AvgIpc) is 2.67. The SMILES string of the molecule is COc1ccccc1S(=O)(=O)N(CCC(N)=O)CCC(=O)N1CCOCC1. The fraction of sp³-hybridized carbons (Fsp3) is 0.529. The summed E-state index contributed by atoms with van der Waals surface area (Å²) in [6.07, 6.45) is -0.132. The molecule has 1 aliphatic heterocycles. The third-order valence-corrected chi connectivity index (χ3v) is 6.17. The Morgan fingerprint density at radius 3 is 2.44 bits per heavy atom. The van der Waals surface area contributed by atoms with Gasteiger partial charge in [0, 0.05) is 39.0 Å². The van der Waals surface area contributed by atoms with Crippen LogP contribution >= 0.6 is 0 Å². The number of carbonyl (C=O) groups is 2. The van der Waals surface area contributed by atoms with E-state index >= 15 is 0 Å². The monoisotopic (exact) mass is 399 g/mol. The van der Waals surface area contributed by atoms with Crippen molar-refractivity contribution in [2.75, 3.05) is 46.5 Å². The highest BCUT2D eigenvalue weighted by molar-refractivity contribution is 7.89. The van der Waals surface area contributed by atoms with Gasteiger partial charge in [0.1, 0.15) is 10.6 Å². The van der Waals surface area contributed by atoms with Crippen LogP contribution in [0.2, 0.25) is 0 Å². The molecule has 0 radical (unpaired) electrons. The van der Waals surface area contributed by atoms with E-state index in [1.54, 1.807) is 17.0 Å². The standard InChI is InChI=1S/C17H25N3O6S/c1-25-14-4-2-3-5-15(14)27(23,24)20(8-6-16(18)21)9-7-17(22)19-10-12-26-13-11-19/h2-5H,6-13H2,1H3,(H2,18,21). The number of ether oxygens (including phenoxy) is 2. The number of benzene rings is 1. The van der Waals surface area contributed by atoms with E-state index in [-0.39, 0.29) is 42.5 Å². The van der Waals surface area contributed by atoms with Crippen molar-refractivity contribution in [3.05, 3.63) is 24.3 Å². The van der Waals surface area contributed by atoms with Gasteiger partial charge in [-0.05, 0) is 12.1 Å². The number of hydrogen-bond acceptors (Lipinski definition) is 6. The van der Waals surface area contributed by atoms with Gasteiger partial charge in [-0.15, -0.1) is 0 Å². The number of sulfonamides is 1. The molecule has 10 heteroatoms. The Hall–Kier alpha value is -2.17. The minimum Gasteiger partial charge on any atom is -0.495 e. The lowest BCUT2D eigenvalue weighted by molar-refractivity contribution is -0.135. The highest BCUT2D eigenvalue weighted by Gasteiger charge is 2.29. The predicted molar refractivity (Wildman–Crippen MR) is 97.6 cm³/mol. The van der Waals surface area contributed by atoms with Gasteiger partial charge in [-0.25, -0.2) is 8.42 Å². The van der Waals surface area contributed by atoms with Gasteiger partial charge in [-0.3, -0.25) is 9.59 Å². The molecule has 150 valence electrons. The van der Waals surface area contributed by atoms with Gasteiger partial charge >= 0.3 is 0 Å². The molecule has 1 fully saturated rings. The summed E-state index contributed by atoms with van der Waals surface area (Å²) in [5.41, 5.74) is 5.18. The molecule has 0 bridgehead atoms. The molecule has 0 atom stereocenters. The quantitative estimate of drug-likeness (QED) is 0.615. The van der Waals surface area contributed by atoms with Gasteiger partial charge < -0.3 is 20.1 Å². The molecule has 2 rings (SSSR count). The highest BCUT2D eigenvalue weighted by atomic mass is 32.2. The fourth-order valence-electron chi connectivity index (χ4n) is 2.75. The zero-order valence-corrected chi connectivity index (χ0v) is 16.1. The van der Waals surface area contributed by atoms with Crippen LogP contribution in [0.15, 0.2) is 29.2 Å². The first-order valence-electron chi connectivity index (χ1n) is 8.63. The first-order chi connectivity index (χ1) is 12.9. The highest BCUT2D eigenvalue weighted by Crippen LogP contribution is 2.26. The number of nitrogens with zero attached hydrogens (tertiary/aromatic N) is 2. The van der Waals surface area contributed by atoms with Gasteiger partial charge in [0.25, 0.3) is 0 Å². The van der Waals surface area contributed by atoms with Crippen molar-refractivity contribution in [3.63, 3.8) is 0 Å². The van der Waals surface area contributed by atoms with Crippen molar-refractivity contribution in [1.82, 2.24) is 9.21 Å². The number of methoxy groups -OCH3 is 1. The second-order valence-electron chi connectivity index (χ2n) is 6.01. The smallest absolute Gasteiger partial charge is 0.246 e. The van der Waals surface area contributed by atoms with Crippen molar-refractivity contribution in [3.8, 4) is 5.75 Å². The van der Waals surface area contributed by atoms with Crippen molar-refractivity contribution in [2.45, 2.75) is 17.7 Å². The summed E-state index contributed by atoms with van der Waals surface area (Å²) >= 11 is 0. The molecule has 1 heterocycles. The zero-order chi connectivity index (χ0) is 19.9. The van der Waals surface area contributed by atoms with Gasteiger partial charge in [0.15, 0.2) is 0 Å². The van der Waals surface area contributed by atoms with Crippen molar-refractivity contribution in [1.29, 1.82) is 0 Å². The fourth-order valence-corrected chi connectivity index (χ4v) is 4.35. The van der Waals surface area contributed by atoms with Crippen LogP contribution in [0.4, 0.5) is 0 Å². The van der Waals surface area contributed by atoms with Gasteiger partial charge in [0.05, 0.1) is 20.3 Å². The Morgan fingerprint density at radius 1 is 1.19 bits per heavy atom. The first-order valence-corrected chi connectivity index (χ1v) is 10.1. The zero-order valence-electron chi connectivity index (χ0n) is 15.3. The van der Waals surface area contributed by atoms with Crippen LogP contribution in [0.1, 0.15) is 12.8 Å². The number of carbonyl (C=O) groups excluding carboxylic acids is 2. The van der Waals surface area contributed by atoms with E-state index in [2.05, 4.69) is 0 Å². The molecule has 1 aliphatic rings. The van der Waals surface area contributed by atoms with Crippen LogP contribution in [0, 0.1) is 0 Å². The van der Waals surface area contributed by atoms with Crippen LogP contribution in [0.3, 0.4) is 0 Å². The summed E-state index contributed by atoms with van der Waals surface area (Å²) in [5, 5.41) is 0. The lowest BCUT2D eigenvalue weighted by Gasteiger charge is -2.28. The molecule has 1 aromatic rings. The minimum absolute atomic E-state index is 0.00708. The van der Waals surface area contributed by atoms with Crippen molar-refractivity contribution in [2.24, 2.45) is 5.73 Å². The Labute approximate surface area is 159 Å². The van der Waals surface area contributed by atoms with Crippen LogP contribution in [-0.4, -0.2) is 75.9 Å². The van der Waals surface area contributed by atoms with Crippen LogP contribution in [-0.2, 0) is 24.3 Å². The third-order valence-electron chi connectivity index (χ3n) is 4.23. The van der Waals surface area contributed by atoms with E-state index in [0.717, 1.165) is 4.31 Å². The Kier molecular flexibility index (Phi) is 7.57. The summed E-state index contributed by atoms with van der Waals surface area (Å²) in [6, 6.07) is 6.21. The summed E-state index contributed by atoms with van der Waals surface area (Å²) in [4.78, 5) is 25.1. The van der Waals surface area contributed by atoms with Crippen LogP contribution in [0.5, 0.6) is 5.75 Å².